The molecule has 0 aliphatic carbocycles. The molecule has 20 heavy (non-hydrogen) atoms. The lowest BCUT2D eigenvalue weighted by atomic mass is 10.0. The van der Waals surface area contributed by atoms with Crippen molar-refractivity contribution >= 4 is 0 Å². The Labute approximate surface area is 119 Å². The maximum atomic E-state index is 9.80. The molecule has 3 N–H and O–H groups in total. The topological polar surface area (TPSA) is 52.5 Å². The zero-order valence-corrected chi connectivity index (χ0v) is 11.7. The summed E-state index contributed by atoms with van der Waals surface area (Å²) in [6.07, 6.45) is 2.14. The van der Waals surface area contributed by atoms with Gasteiger partial charge in [-0.1, -0.05) is 49.7 Å². The van der Waals surface area contributed by atoms with Crippen molar-refractivity contribution in [1.82, 2.24) is 5.32 Å². The van der Waals surface area contributed by atoms with Crippen molar-refractivity contribution in [2.24, 2.45) is 0 Å². The van der Waals surface area contributed by atoms with Crippen LogP contribution in [0.15, 0.2) is 48.5 Å². The third-order valence-electron chi connectivity index (χ3n) is 3.39. The second-order valence-corrected chi connectivity index (χ2v) is 4.95. The molecule has 1 unspecified atom stereocenters. The van der Waals surface area contributed by atoms with Gasteiger partial charge in [-0.2, -0.15) is 0 Å². The second-order valence-electron chi connectivity index (χ2n) is 4.95. The van der Waals surface area contributed by atoms with Crippen molar-refractivity contribution in [2.45, 2.75) is 32.4 Å². The molecular formula is C17H21NO2. The molecule has 0 aliphatic heterocycles. The third kappa shape index (κ3) is 3.75. The van der Waals surface area contributed by atoms with Crippen molar-refractivity contribution in [3.63, 3.8) is 0 Å². The van der Waals surface area contributed by atoms with Crippen LogP contribution < -0.4 is 5.32 Å². The Morgan fingerprint density at radius 2 is 1.80 bits per heavy atom. The first kappa shape index (κ1) is 14.4. The van der Waals surface area contributed by atoms with E-state index in [9.17, 15) is 10.2 Å². The van der Waals surface area contributed by atoms with E-state index in [0.717, 1.165) is 18.4 Å². The van der Waals surface area contributed by atoms with Crippen LogP contribution in [0.25, 0.3) is 0 Å². The summed E-state index contributed by atoms with van der Waals surface area (Å²) in [4.78, 5) is 0. The van der Waals surface area contributed by atoms with Gasteiger partial charge >= 0.3 is 0 Å². The zero-order valence-electron chi connectivity index (χ0n) is 11.7. The largest absolute Gasteiger partial charge is 0.508 e. The highest BCUT2D eigenvalue weighted by molar-refractivity contribution is 5.38. The van der Waals surface area contributed by atoms with E-state index < -0.39 is 0 Å². The van der Waals surface area contributed by atoms with E-state index >= 15 is 0 Å². The predicted molar refractivity (Wildman–Crippen MR) is 80.7 cm³/mol. The lowest BCUT2D eigenvalue weighted by Crippen LogP contribution is -2.20. The normalized spacial score (nSPS) is 12.2. The van der Waals surface area contributed by atoms with Crippen LogP contribution in [-0.4, -0.2) is 10.2 Å². The number of benzene rings is 2. The van der Waals surface area contributed by atoms with Crippen LogP contribution in [0.5, 0.6) is 11.5 Å². The number of hydrogen-bond donors (Lipinski definition) is 3. The van der Waals surface area contributed by atoms with Crippen molar-refractivity contribution < 1.29 is 10.2 Å². The second kappa shape index (κ2) is 6.96. The van der Waals surface area contributed by atoms with Crippen LogP contribution >= 0.6 is 0 Å². The molecule has 0 aliphatic rings. The van der Waals surface area contributed by atoms with E-state index in [1.807, 2.05) is 18.2 Å². The van der Waals surface area contributed by atoms with Gasteiger partial charge in [0, 0.05) is 24.2 Å². The molecule has 0 fully saturated rings. The third-order valence-corrected chi connectivity index (χ3v) is 3.39. The number of phenolic OH excluding ortho intramolecular Hbond substituents is 2. The average Bonchev–Trinajstić information content (AvgIpc) is 2.46. The van der Waals surface area contributed by atoms with Crippen molar-refractivity contribution in [3.05, 3.63) is 59.7 Å². The molecule has 0 radical (unpaired) electrons. The van der Waals surface area contributed by atoms with E-state index in [0.29, 0.717) is 6.54 Å². The highest BCUT2D eigenvalue weighted by Gasteiger charge is 2.10. The van der Waals surface area contributed by atoms with Gasteiger partial charge in [0.2, 0.25) is 0 Å². The van der Waals surface area contributed by atoms with E-state index in [2.05, 4.69) is 24.4 Å². The van der Waals surface area contributed by atoms with Gasteiger partial charge in [0.25, 0.3) is 0 Å². The molecule has 0 spiro atoms. The number of phenols is 2. The van der Waals surface area contributed by atoms with Gasteiger partial charge in [0.15, 0.2) is 0 Å². The van der Waals surface area contributed by atoms with Gasteiger partial charge in [0.05, 0.1) is 0 Å². The summed E-state index contributed by atoms with van der Waals surface area (Å²) < 4.78 is 0. The Bertz CT molecular complexity index is 540. The Kier molecular flexibility index (Phi) is 5.02. The van der Waals surface area contributed by atoms with Gasteiger partial charge < -0.3 is 15.5 Å². The van der Waals surface area contributed by atoms with E-state index in [4.69, 9.17) is 0 Å². The Balaban J connectivity index is 2.06. The predicted octanol–water partition coefficient (Wildman–Crippen LogP) is 3.73. The number of aromatic hydroxyl groups is 2. The van der Waals surface area contributed by atoms with Crippen LogP contribution in [0.3, 0.4) is 0 Å². The van der Waals surface area contributed by atoms with Crippen LogP contribution in [-0.2, 0) is 6.54 Å². The molecule has 0 amide bonds. The lowest BCUT2D eigenvalue weighted by Gasteiger charge is -2.19. The molecular weight excluding hydrogens is 250 g/mol. The minimum atomic E-state index is 0.0828. The van der Waals surface area contributed by atoms with Crippen LogP contribution in [0.2, 0.25) is 0 Å². The summed E-state index contributed by atoms with van der Waals surface area (Å²) in [7, 11) is 0. The fraction of sp³-hybridized carbons (Fsp3) is 0.294. The van der Waals surface area contributed by atoms with E-state index in [1.54, 1.807) is 12.1 Å². The fourth-order valence-corrected chi connectivity index (χ4v) is 2.30. The van der Waals surface area contributed by atoms with Gasteiger partial charge in [-0.3, -0.25) is 0 Å². The van der Waals surface area contributed by atoms with Crippen molar-refractivity contribution in [2.75, 3.05) is 0 Å². The first-order valence-corrected chi connectivity index (χ1v) is 7.00. The first-order chi connectivity index (χ1) is 9.70. The summed E-state index contributed by atoms with van der Waals surface area (Å²) in [5.74, 6) is 0.209. The molecule has 2 aromatic rings. The number of nitrogens with one attached hydrogen (secondary N) is 1. The highest BCUT2D eigenvalue weighted by atomic mass is 16.3. The molecule has 0 bridgehead atoms. The van der Waals surface area contributed by atoms with Gasteiger partial charge in [-0.25, -0.2) is 0 Å². The Hall–Kier alpha value is -2.00. The number of hydrogen-bond acceptors (Lipinski definition) is 3. The molecule has 3 heteroatoms. The molecule has 0 saturated carbocycles. The van der Waals surface area contributed by atoms with Gasteiger partial charge in [-0.05, 0) is 18.1 Å². The standard InChI is InChI=1S/C17H21NO2/c1-2-6-16(13-7-4-3-5-8-13)18-12-14-9-10-15(19)11-17(14)20/h3-5,7-11,16,18-20H,2,6,12H2,1H3. The van der Waals surface area contributed by atoms with E-state index in [-0.39, 0.29) is 17.5 Å². The zero-order chi connectivity index (χ0) is 14.4. The van der Waals surface area contributed by atoms with E-state index in [1.165, 1.54) is 11.6 Å². The van der Waals surface area contributed by atoms with Crippen LogP contribution in [0.4, 0.5) is 0 Å². The monoisotopic (exact) mass is 271 g/mol. The maximum Gasteiger partial charge on any atom is 0.123 e. The highest BCUT2D eigenvalue weighted by Crippen LogP contribution is 2.24. The summed E-state index contributed by atoms with van der Waals surface area (Å²) in [5, 5.41) is 22.6. The van der Waals surface area contributed by atoms with Crippen molar-refractivity contribution in [1.29, 1.82) is 0 Å². The summed E-state index contributed by atoms with van der Waals surface area (Å²) >= 11 is 0. The molecule has 2 aromatic carbocycles. The smallest absolute Gasteiger partial charge is 0.123 e. The minimum Gasteiger partial charge on any atom is -0.508 e. The Morgan fingerprint density at radius 1 is 1.05 bits per heavy atom. The number of rotatable bonds is 6. The molecule has 2 rings (SSSR count). The Morgan fingerprint density at radius 3 is 2.45 bits per heavy atom. The van der Waals surface area contributed by atoms with Crippen molar-refractivity contribution in [3.8, 4) is 11.5 Å². The quantitative estimate of drug-likeness (QED) is 0.750. The molecule has 106 valence electrons. The molecule has 3 nitrogen and oxygen atoms in total. The lowest BCUT2D eigenvalue weighted by molar-refractivity contribution is 0.436. The maximum absolute atomic E-state index is 9.80. The fourth-order valence-electron chi connectivity index (χ4n) is 2.30. The molecule has 0 heterocycles. The summed E-state index contributed by atoms with van der Waals surface area (Å²) in [6.45, 7) is 2.74. The first-order valence-electron chi connectivity index (χ1n) is 7.00. The summed E-state index contributed by atoms with van der Waals surface area (Å²) in [6, 6.07) is 15.3. The van der Waals surface area contributed by atoms with Gasteiger partial charge in [0.1, 0.15) is 11.5 Å². The molecule has 0 saturated heterocycles. The molecule has 1 atom stereocenters. The summed E-state index contributed by atoms with van der Waals surface area (Å²) in [5.41, 5.74) is 2.05. The van der Waals surface area contributed by atoms with Crippen LogP contribution in [0.1, 0.15) is 36.9 Å². The minimum absolute atomic E-state index is 0.0828. The molecule has 0 aromatic heterocycles. The SMILES string of the molecule is CCCC(NCc1ccc(O)cc1O)c1ccccc1. The average molecular weight is 271 g/mol. The van der Waals surface area contributed by atoms with Crippen LogP contribution in [0, 0.1) is 0 Å². The van der Waals surface area contributed by atoms with Gasteiger partial charge in [-0.15, -0.1) is 0 Å².